The van der Waals surface area contributed by atoms with Gasteiger partial charge in [0, 0.05) is 27.8 Å². The minimum absolute atomic E-state index is 0.0416. The van der Waals surface area contributed by atoms with Gasteiger partial charge in [0.2, 0.25) is 0 Å². The van der Waals surface area contributed by atoms with Crippen LogP contribution in [0.3, 0.4) is 0 Å². The molecule has 4 nitrogen and oxygen atoms in total. The van der Waals surface area contributed by atoms with Gasteiger partial charge in [-0.3, -0.25) is 4.79 Å². The smallest absolute Gasteiger partial charge is 0.251 e. The molecule has 0 saturated carbocycles. The van der Waals surface area contributed by atoms with Crippen molar-refractivity contribution in [3.8, 4) is 5.75 Å². The normalized spacial score (nSPS) is 10.3. The van der Waals surface area contributed by atoms with E-state index < -0.39 is 11.7 Å². The first-order chi connectivity index (χ1) is 9.45. The molecule has 0 radical (unpaired) electrons. The summed E-state index contributed by atoms with van der Waals surface area (Å²) in [6, 6.07) is 8.49. The van der Waals surface area contributed by atoms with Gasteiger partial charge in [-0.05, 0) is 36.4 Å². The summed E-state index contributed by atoms with van der Waals surface area (Å²) in [5, 5.41) is 12.2. The van der Waals surface area contributed by atoms with Crippen LogP contribution in [-0.2, 0) is 6.54 Å². The van der Waals surface area contributed by atoms with E-state index in [2.05, 4.69) is 21.2 Å². The maximum atomic E-state index is 13.2. The number of carbonyl (C=O) groups excluding carboxylic acids is 1. The number of halogens is 2. The van der Waals surface area contributed by atoms with E-state index in [0.717, 1.165) is 6.07 Å². The number of anilines is 1. The fourth-order valence-electron chi connectivity index (χ4n) is 1.71. The largest absolute Gasteiger partial charge is 0.508 e. The van der Waals surface area contributed by atoms with Gasteiger partial charge < -0.3 is 16.2 Å². The topological polar surface area (TPSA) is 75.3 Å². The minimum atomic E-state index is -0.503. The first-order valence-electron chi connectivity index (χ1n) is 5.77. The molecule has 0 aromatic heterocycles. The average Bonchev–Trinajstić information content (AvgIpc) is 2.38. The third kappa shape index (κ3) is 3.48. The van der Waals surface area contributed by atoms with Crippen LogP contribution in [0, 0.1) is 5.82 Å². The number of hydrogen-bond donors (Lipinski definition) is 3. The monoisotopic (exact) mass is 338 g/mol. The summed E-state index contributed by atoms with van der Waals surface area (Å²) in [5.74, 6) is -0.900. The molecule has 0 bridgehead atoms. The number of benzene rings is 2. The second-order valence-electron chi connectivity index (χ2n) is 4.23. The van der Waals surface area contributed by atoms with E-state index in [1.54, 1.807) is 12.1 Å². The molecule has 2 aromatic carbocycles. The number of rotatable bonds is 3. The molecule has 4 N–H and O–H groups in total. The van der Waals surface area contributed by atoms with Crippen molar-refractivity contribution in [3.05, 3.63) is 57.8 Å². The summed E-state index contributed by atoms with van der Waals surface area (Å²) >= 11 is 3.12. The molecule has 0 fully saturated rings. The van der Waals surface area contributed by atoms with Crippen molar-refractivity contribution in [1.82, 2.24) is 5.32 Å². The molecule has 1 amide bonds. The van der Waals surface area contributed by atoms with Crippen molar-refractivity contribution in [2.75, 3.05) is 5.73 Å². The Balaban J connectivity index is 2.10. The predicted molar refractivity (Wildman–Crippen MR) is 77.8 cm³/mol. The highest BCUT2D eigenvalue weighted by Gasteiger charge is 2.09. The van der Waals surface area contributed by atoms with Crippen LogP contribution in [-0.4, -0.2) is 11.0 Å². The molecule has 2 rings (SSSR count). The number of phenolic OH excluding ortho intramolecular Hbond substituents is 1. The Bertz CT molecular complexity index is 641. The van der Waals surface area contributed by atoms with Gasteiger partial charge in [0.1, 0.15) is 11.6 Å². The molecular weight excluding hydrogens is 327 g/mol. The Hall–Kier alpha value is -2.08. The zero-order valence-corrected chi connectivity index (χ0v) is 11.9. The van der Waals surface area contributed by atoms with Gasteiger partial charge in [-0.25, -0.2) is 4.39 Å². The summed E-state index contributed by atoms with van der Waals surface area (Å²) in [7, 11) is 0. The second kappa shape index (κ2) is 5.92. The van der Waals surface area contributed by atoms with Crippen molar-refractivity contribution in [2.24, 2.45) is 0 Å². The molecule has 0 aliphatic carbocycles. The van der Waals surface area contributed by atoms with E-state index in [1.807, 2.05) is 0 Å². The van der Waals surface area contributed by atoms with Crippen LogP contribution in [0.15, 0.2) is 40.9 Å². The Morgan fingerprint density at radius 3 is 2.75 bits per heavy atom. The molecular formula is C14H12BrFN2O2. The van der Waals surface area contributed by atoms with Gasteiger partial charge in [0.25, 0.3) is 5.91 Å². The second-order valence-corrected chi connectivity index (χ2v) is 5.14. The first kappa shape index (κ1) is 14.3. The van der Waals surface area contributed by atoms with Gasteiger partial charge in [-0.15, -0.1) is 0 Å². The van der Waals surface area contributed by atoms with Crippen LogP contribution in [0.2, 0.25) is 0 Å². The van der Waals surface area contributed by atoms with Gasteiger partial charge in [-0.1, -0.05) is 15.9 Å². The van der Waals surface area contributed by atoms with Crippen molar-refractivity contribution in [1.29, 1.82) is 0 Å². The number of amides is 1. The van der Waals surface area contributed by atoms with Crippen LogP contribution in [0.1, 0.15) is 15.9 Å². The van der Waals surface area contributed by atoms with Crippen molar-refractivity contribution >= 4 is 27.5 Å². The molecule has 2 aromatic rings. The molecule has 0 aliphatic heterocycles. The highest BCUT2D eigenvalue weighted by atomic mass is 79.9. The Morgan fingerprint density at radius 1 is 1.30 bits per heavy atom. The standard InChI is InChI=1S/C14H12BrFN2O2/c15-10-3-8(4-11(16)6-10)14(20)18-7-9-5-12(17)1-2-13(9)19/h1-6,19H,7,17H2,(H,18,20). The summed E-state index contributed by atoms with van der Waals surface area (Å²) in [4.78, 5) is 11.9. The summed E-state index contributed by atoms with van der Waals surface area (Å²) in [6.45, 7) is 0.101. The van der Waals surface area contributed by atoms with Crippen molar-refractivity contribution in [2.45, 2.75) is 6.54 Å². The van der Waals surface area contributed by atoms with Crippen molar-refractivity contribution in [3.63, 3.8) is 0 Å². The zero-order valence-electron chi connectivity index (χ0n) is 10.4. The Morgan fingerprint density at radius 2 is 2.05 bits per heavy atom. The predicted octanol–water partition coefficient (Wildman–Crippen LogP) is 2.81. The molecule has 0 unspecified atom stereocenters. The van der Waals surface area contributed by atoms with E-state index >= 15 is 0 Å². The van der Waals surface area contributed by atoms with E-state index in [9.17, 15) is 14.3 Å². The van der Waals surface area contributed by atoms with Crippen LogP contribution in [0.25, 0.3) is 0 Å². The van der Waals surface area contributed by atoms with E-state index in [-0.39, 0.29) is 17.9 Å². The van der Waals surface area contributed by atoms with E-state index in [4.69, 9.17) is 5.73 Å². The van der Waals surface area contributed by atoms with E-state index in [0.29, 0.717) is 15.7 Å². The van der Waals surface area contributed by atoms with Crippen LogP contribution in [0.5, 0.6) is 5.75 Å². The highest BCUT2D eigenvalue weighted by Crippen LogP contribution is 2.20. The lowest BCUT2D eigenvalue weighted by Crippen LogP contribution is -2.23. The lowest BCUT2D eigenvalue weighted by Gasteiger charge is -2.08. The molecule has 0 heterocycles. The SMILES string of the molecule is Nc1ccc(O)c(CNC(=O)c2cc(F)cc(Br)c2)c1. The number of phenols is 1. The Labute approximate surface area is 123 Å². The molecule has 0 saturated heterocycles. The van der Waals surface area contributed by atoms with E-state index in [1.165, 1.54) is 18.2 Å². The van der Waals surface area contributed by atoms with Gasteiger partial charge in [0.05, 0.1) is 0 Å². The third-order valence-corrected chi connectivity index (χ3v) is 3.13. The molecule has 0 aliphatic rings. The fraction of sp³-hybridized carbons (Fsp3) is 0.0714. The zero-order chi connectivity index (χ0) is 14.7. The maximum absolute atomic E-state index is 13.2. The molecule has 0 spiro atoms. The van der Waals surface area contributed by atoms with Crippen LogP contribution >= 0.6 is 15.9 Å². The first-order valence-corrected chi connectivity index (χ1v) is 6.56. The third-order valence-electron chi connectivity index (χ3n) is 2.67. The number of nitrogens with one attached hydrogen (secondary N) is 1. The summed E-state index contributed by atoms with van der Waals surface area (Å²) in [6.07, 6.45) is 0. The van der Waals surface area contributed by atoms with Crippen LogP contribution in [0.4, 0.5) is 10.1 Å². The number of aromatic hydroxyl groups is 1. The molecule has 6 heteroatoms. The lowest BCUT2D eigenvalue weighted by molar-refractivity contribution is 0.0950. The number of nitrogen functional groups attached to an aromatic ring is 1. The summed E-state index contributed by atoms with van der Waals surface area (Å²) < 4.78 is 13.7. The van der Waals surface area contributed by atoms with Gasteiger partial charge >= 0.3 is 0 Å². The average molecular weight is 339 g/mol. The molecule has 104 valence electrons. The summed E-state index contributed by atoms with van der Waals surface area (Å²) in [5.41, 5.74) is 6.78. The molecule has 0 atom stereocenters. The number of hydrogen-bond acceptors (Lipinski definition) is 3. The maximum Gasteiger partial charge on any atom is 0.251 e. The number of nitrogens with two attached hydrogens (primary N) is 1. The Kier molecular flexibility index (Phi) is 4.24. The molecule has 20 heavy (non-hydrogen) atoms. The fourth-order valence-corrected chi connectivity index (χ4v) is 2.17. The minimum Gasteiger partial charge on any atom is -0.508 e. The van der Waals surface area contributed by atoms with Crippen LogP contribution < -0.4 is 11.1 Å². The van der Waals surface area contributed by atoms with Crippen molar-refractivity contribution < 1.29 is 14.3 Å². The highest BCUT2D eigenvalue weighted by molar-refractivity contribution is 9.10. The number of carbonyl (C=O) groups is 1. The lowest BCUT2D eigenvalue weighted by atomic mass is 10.1. The quantitative estimate of drug-likeness (QED) is 0.595. The van der Waals surface area contributed by atoms with Gasteiger partial charge in [-0.2, -0.15) is 0 Å². The van der Waals surface area contributed by atoms with Gasteiger partial charge in [0.15, 0.2) is 0 Å².